The first-order valence-electron chi connectivity index (χ1n) is 6.02. The number of halogens is 1. The van der Waals surface area contributed by atoms with Gasteiger partial charge in [0.2, 0.25) is 0 Å². The Morgan fingerprint density at radius 3 is 2.79 bits per heavy atom. The van der Waals surface area contributed by atoms with Gasteiger partial charge in [-0.25, -0.2) is 4.98 Å². The largest absolute Gasteiger partial charge is 0.496 e. The van der Waals surface area contributed by atoms with Crippen LogP contribution in [0.25, 0.3) is 5.65 Å². The molecular formula is C15H13BrN2O. The van der Waals surface area contributed by atoms with E-state index in [0.29, 0.717) is 0 Å². The number of nitrogens with zero attached hydrogens (tertiary/aromatic N) is 2. The molecule has 0 N–H and O–H groups in total. The number of imidazole rings is 1. The molecule has 0 saturated heterocycles. The predicted molar refractivity (Wildman–Crippen MR) is 78.7 cm³/mol. The Morgan fingerprint density at radius 2 is 2.00 bits per heavy atom. The van der Waals surface area contributed by atoms with E-state index in [1.165, 1.54) is 0 Å². The maximum atomic E-state index is 5.37. The average molecular weight is 317 g/mol. The number of fused-ring (bicyclic) bond motifs is 1. The number of hydrogen-bond donors (Lipinski definition) is 0. The third-order valence-corrected chi connectivity index (χ3v) is 3.70. The number of ether oxygens (including phenoxy) is 1. The van der Waals surface area contributed by atoms with E-state index in [4.69, 9.17) is 4.74 Å². The molecule has 0 aliphatic carbocycles. The number of para-hydroxylation sites is 1. The molecule has 19 heavy (non-hydrogen) atoms. The molecule has 0 saturated carbocycles. The summed E-state index contributed by atoms with van der Waals surface area (Å²) < 4.78 is 8.41. The summed E-state index contributed by atoms with van der Waals surface area (Å²) in [5.41, 5.74) is 3.11. The molecule has 0 aliphatic rings. The van der Waals surface area contributed by atoms with Crippen molar-refractivity contribution in [2.45, 2.75) is 6.42 Å². The lowest BCUT2D eigenvalue weighted by Gasteiger charge is -2.05. The Balaban J connectivity index is 1.99. The van der Waals surface area contributed by atoms with Crippen LogP contribution < -0.4 is 4.74 Å². The first kappa shape index (κ1) is 12.2. The summed E-state index contributed by atoms with van der Waals surface area (Å²) in [6.07, 6.45) is 2.81. The lowest BCUT2D eigenvalue weighted by Crippen LogP contribution is -1.93. The summed E-state index contributed by atoms with van der Waals surface area (Å²) >= 11 is 3.52. The van der Waals surface area contributed by atoms with Crippen molar-refractivity contribution in [1.82, 2.24) is 9.38 Å². The van der Waals surface area contributed by atoms with E-state index < -0.39 is 0 Å². The summed E-state index contributed by atoms with van der Waals surface area (Å²) in [4.78, 5) is 4.62. The molecule has 2 aromatic heterocycles. The van der Waals surface area contributed by atoms with Gasteiger partial charge in [-0.05, 0) is 34.1 Å². The predicted octanol–water partition coefficient (Wildman–Crippen LogP) is 3.70. The van der Waals surface area contributed by atoms with Crippen LogP contribution in [0, 0.1) is 0 Å². The van der Waals surface area contributed by atoms with Crippen molar-refractivity contribution in [3.63, 3.8) is 0 Å². The highest BCUT2D eigenvalue weighted by molar-refractivity contribution is 9.10. The molecule has 3 nitrogen and oxygen atoms in total. The summed E-state index contributed by atoms with van der Waals surface area (Å²) in [6.45, 7) is 0. The molecule has 3 aromatic rings. The second-order valence-corrected chi connectivity index (χ2v) is 5.11. The highest BCUT2D eigenvalue weighted by atomic mass is 79.9. The Hall–Kier alpha value is -1.81. The second kappa shape index (κ2) is 5.05. The highest BCUT2D eigenvalue weighted by Crippen LogP contribution is 2.22. The molecular weight excluding hydrogens is 304 g/mol. The lowest BCUT2D eigenvalue weighted by atomic mass is 10.1. The van der Waals surface area contributed by atoms with Crippen molar-refractivity contribution in [2.24, 2.45) is 0 Å². The van der Waals surface area contributed by atoms with Crippen molar-refractivity contribution < 1.29 is 4.74 Å². The molecule has 0 atom stereocenters. The van der Waals surface area contributed by atoms with Gasteiger partial charge in [-0.2, -0.15) is 0 Å². The number of hydrogen-bond acceptors (Lipinski definition) is 2. The zero-order valence-corrected chi connectivity index (χ0v) is 12.1. The SMILES string of the molecule is COc1ccccc1Cc1cn2c(Br)cccc2n1. The van der Waals surface area contributed by atoms with Crippen LogP contribution in [0.1, 0.15) is 11.3 Å². The van der Waals surface area contributed by atoms with Gasteiger partial charge < -0.3 is 4.74 Å². The van der Waals surface area contributed by atoms with Crippen LogP contribution in [-0.4, -0.2) is 16.5 Å². The lowest BCUT2D eigenvalue weighted by molar-refractivity contribution is 0.410. The van der Waals surface area contributed by atoms with Gasteiger partial charge in [0.25, 0.3) is 0 Å². The van der Waals surface area contributed by atoms with E-state index in [1.807, 2.05) is 47.0 Å². The third kappa shape index (κ3) is 2.36. The first-order chi connectivity index (χ1) is 9.28. The number of aromatic nitrogens is 2. The van der Waals surface area contributed by atoms with Gasteiger partial charge in [0.05, 0.1) is 17.4 Å². The Labute approximate surface area is 120 Å². The van der Waals surface area contributed by atoms with Gasteiger partial charge in [0.15, 0.2) is 0 Å². The minimum atomic E-state index is 0.762. The van der Waals surface area contributed by atoms with Crippen LogP contribution in [0.5, 0.6) is 5.75 Å². The molecule has 0 aliphatic heterocycles. The number of rotatable bonds is 3. The minimum absolute atomic E-state index is 0.762. The van der Waals surface area contributed by atoms with E-state index in [-0.39, 0.29) is 0 Å². The van der Waals surface area contributed by atoms with Gasteiger partial charge in [-0.3, -0.25) is 4.40 Å². The smallest absolute Gasteiger partial charge is 0.137 e. The van der Waals surface area contributed by atoms with E-state index in [9.17, 15) is 0 Å². The van der Waals surface area contributed by atoms with Crippen molar-refractivity contribution in [1.29, 1.82) is 0 Å². The normalized spacial score (nSPS) is 10.8. The average Bonchev–Trinajstić information content (AvgIpc) is 2.83. The molecule has 3 rings (SSSR count). The fraction of sp³-hybridized carbons (Fsp3) is 0.133. The van der Waals surface area contributed by atoms with Crippen molar-refractivity contribution in [2.75, 3.05) is 7.11 Å². The van der Waals surface area contributed by atoms with Gasteiger partial charge in [-0.1, -0.05) is 24.3 Å². The topological polar surface area (TPSA) is 26.5 Å². The van der Waals surface area contributed by atoms with Crippen LogP contribution in [0.2, 0.25) is 0 Å². The molecule has 0 amide bonds. The van der Waals surface area contributed by atoms with E-state index in [0.717, 1.165) is 33.7 Å². The number of benzene rings is 1. The fourth-order valence-corrected chi connectivity index (χ4v) is 2.59. The van der Waals surface area contributed by atoms with E-state index in [1.54, 1.807) is 7.11 Å². The summed E-state index contributed by atoms with van der Waals surface area (Å²) in [6, 6.07) is 14.0. The van der Waals surface area contributed by atoms with Crippen LogP contribution in [0.15, 0.2) is 53.3 Å². The summed E-state index contributed by atoms with van der Waals surface area (Å²) in [5, 5.41) is 0. The third-order valence-electron chi connectivity index (χ3n) is 3.06. The van der Waals surface area contributed by atoms with E-state index >= 15 is 0 Å². The Morgan fingerprint density at radius 1 is 1.16 bits per heavy atom. The molecule has 0 spiro atoms. The van der Waals surface area contributed by atoms with Crippen molar-refractivity contribution in [3.05, 3.63) is 64.5 Å². The van der Waals surface area contributed by atoms with E-state index in [2.05, 4.69) is 27.0 Å². The molecule has 0 unspecified atom stereocenters. The monoisotopic (exact) mass is 316 g/mol. The standard InChI is InChI=1S/C15H13BrN2O/c1-19-13-6-3-2-5-11(13)9-12-10-18-14(16)7-4-8-15(18)17-12/h2-8,10H,9H2,1H3. The Bertz CT molecular complexity index is 721. The van der Waals surface area contributed by atoms with Crippen molar-refractivity contribution >= 4 is 21.6 Å². The molecule has 0 bridgehead atoms. The summed E-state index contributed by atoms with van der Waals surface area (Å²) in [5.74, 6) is 0.902. The Kier molecular flexibility index (Phi) is 3.25. The second-order valence-electron chi connectivity index (χ2n) is 4.30. The molecule has 4 heteroatoms. The van der Waals surface area contributed by atoms with Crippen LogP contribution >= 0.6 is 15.9 Å². The summed E-state index contributed by atoms with van der Waals surface area (Å²) in [7, 11) is 1.69. The molecule has 1 aromatic carbocycles. The fourth-order valence-electron chi connectivity index (χ4n) is 2.16. The number of pyridine rings is 1. The van der Waals surface area contributed by atoms with Gasteiger partial charge in [-0.15, -0.1) is 0 Å². The van der Waals surface area contributed by atoms with Crippen LogP contribution in [0.4, 0.5) is 0 Å². The minimum Gasteiger partial charge on any atom is -0.496 e. The zero-order chi connectivity index (χ0) is 13.2. The number of methoxy groups -OCH3 is 1. The van der Waals surface area contributed by atoms with Gasteiger partial charge >= 0.3 is 0 Å². The molecule has 0 fully saturated rings. The van der Waals surface area contributed by atoms with Crippen LogP contribution in [0.3, 0.4) is 0 Å². The molecule has 0 radical (unpaired) electrons. The zero-order valence-electron chi connectivity index (χ0n) is 10.5. The highest BCUT2D eigenvalue weighted by Gasteiger charge is 2.07. The van der Waals surface area contributed by atoms with Gasteiger partial charge in [0, 0.05) is 18.2 Å². The maximum Gasteiger partial charge on any atom is 0.137 e. The quantitative estimate of drug-likeness (QED) is 0.689. The van der Waals surface area contributed by atoms with Gasteiger partial charge in [0.1, 0.15) is 11.4 Å². The first-order valence-corrected chi connectivity index (χ1v) is 6.81. The van der Waals surface area contributed by atoms with Crippen molar-refractivity contribution in [3.8, 4) is 5.75 Å². The molecule has 96 valence electrons. The molecule has 2 heterocycles. The maximum absolute atomic E-state index is 5.37. The van der Waals surface area contributed by atoms with Crippen LogP contribution in [-0.2, 0) is 6.42 Å².